The highest BCUT2D eigenvalue weighted by Crippen LogP contribution is 2.22. The number of amides is 1. The largest absolute Gasteiger partial charge is 0.481 e. The number of para-hydroxylation sites is 1. The van der Waals surface area contributed by atoms with Gasteiger partial charge in [0.15, 0.2) is 6.10 Å². The summed E-state index contributed by atoms with van der Waals surface area (Å²) in [7, 11) is 0. The van der Waals surface area contributed by atoms with E-state index in [2.05, 4.69) is 38.2 Å². The standard InChI is InChI=1S/C20H25NO2/c1-13-11-15(3)19(12-14(13)2)16(4)21-20(22)17(5)23-18-9-7-6-8-10-18/h6-12,16-17H,1-5H3,(H,21,22). The van der Waals surface area contributed by atoms with Crippen molar-refractivity contribution in [2.45, 2.75) is 46.8 Å². The molecule has 1 N–H and O–H groups in total. The Hall–Kier alpha value is -2.29. The molecule has 0 saturated heterocycles. The van der Waals surface area contributed by atoms with E-state index in [1.54, 1.807) is 6.92 Å². The predicted octanol–water partition coefficient (Wildman–Crippen LogP) is 4.26. The van der Waals surface area contributed by atoms with Gasteiger partial charge in [0.2, 0.25) is 0 Å². The lowest BCUT2D eigenvalue weighted by atomic mass is 9.96. The number of carbonyl (C=O) groups is 1. The van der Waals surface area contributed by atoms with Gasteiger partial charge in [-0.1, -0.05) is 30.3 Å². The highest BCUT2D eigenvalue weighted by atomic mass is 16.5. The average molecular weight is 311 g/mol. The maximum absolute atomic E-state index is 12.4. The first-order chi connectivity index (χ1) is 10.9. The van der Waals surface area contributed by atoms with Crippen LogP contribution in [0.3, 0.4) is 0 Å². The van der Waals surface area contributed by atoms with E-state index in [-0.39, 0.29) is 11.9 Å². The normalized spacial score (nSPS) is 13.3. The van der Waals surface area contributed by atoms with E-state index in [0.29, 0.717) is 5.75 Å². The smallest absolute Gasteiger partial charge is 0.261 e. The molecule has 2 atom stereocenters. The SMILES string of the molecule is Cc1cc(C)c(C(C)NC(=O)C(C)Oc2ccccc2)cc1C. The summed E-state index contributed by atoms with van der Waals surface area (Å²) in [5.74, 6) is 0.587. The molecule has 0 aliphatic heterocycles. The minimum atomic E-state index is -0.535. The number of aryl methyl sites for hydroxylation is 3. The monoisotopic (exact) mass is 311 g/mol. The first-order valence-corrected chi connectivity index (χ1v) is 7.98. The molecule has 2 aromatic carbocycles. The van der Waals surface area contributed by atoms with E-state index in [4.69, 9.17) is 4.74 Å². The maximum atomic E-state index is 12.4. The van der Waals surface area contributed by atoms with Crippen molar-refractivity contribution in [3.8, 4) is 5.75 Å². The van der Waals surface area contributed by atoms with E-state index in [0.717, 1.165) is 5.56 Å². The Bertz CT molecular complexity index is 680. The molecule has 23 heavy (non-hydrogen) atoms. The molecule has 0 fully saturated rings. The summed E-state index contributed by atoms with van der Waals surface area (Å²) in [5.41, 5.74) is 4.84. The minimum Gasteiger partial charge on any atom is -0.481 e. The third-order valence-electron chi connectivity index (χ3n) is 4.13. The zero-order chi connectivity index (χ0) is 17.0. The van der Waals surface area contributed by atoms with E-state index < -0.39 is 6.10 Å². The molecule has 3 heteroatoms. The lowest BCUT2D eigenvalue weighted by Crippen LogP contribution is -2.38. The van der Waals surface area contributed by atoms with Crippen LogP contribution < -0.4 is 10.1 Å². The van der Waals surface area contributed by atoms with Gasteiger partial charge in [0.25, 0.3) is 5.91 Å². The Balaban J connectivity index is 2.03. The first-order valence-electron chi connectivity index (χ1n) is 7.98. The van der Waals surface area contributed by atoms with Gasteiger partial charge < -0.3 is 10.1 Å². The molecule has 0 spiro atoms. The summed E-state index contributed by atoms with van der Waals surface area (Å²) in [6, 6.07) is 13.7. The number of hydrogen-bond donors (Lipinski definition) is 1. The molecule has 0 aliphatic rings. The predicted molar refractivity (Wildman–Crippen MR) is 93.7 cm³/mol. The molecule has 122 valence electrons. The maximum Gasteiger partial charge on any atom is 0.261 e. The summed E-state index contributed by atoms with van der Waals surface area (Å²) in [6.07, 6.45) is -0.535. The fraction of sp³-hybridized carbons (Fsp3) is 0.350. The molecule has 0 radical (unpaired) electrons. The summed E-state index contributed by atoms with van der Waals surface area (Å²) in [5, 5.41) is 3.04. The molecule has 0 saturated carbocycles. The Morgan fingerprint density at radius 1 is 0.957 bits per heavy atom. The molecular formula is C20H25NO2. The highest BCUT2D eigenvalue weighted by Gasteiger charge is 2.19. The van der Waals surface area contributed by atoms with Gasteiger partial charge in [-0.2, -0.15) is 0 Å². The van der Waals surface area contributed by atoms with Gasteiger partial charge >= 0.3 is 0 Å². The van der Waals surface area contributed by atoms with Crippen molar-refractivity contribution in [2.24, 2.45) is 0 Å². The van der Waals surface area contributed by atoms with Crippen LogP contribution in [-0.4, -0.2) is 12.0 Å². The van der Waals surface area contributed by atoms with E-state index in [1.807, 2.05) is 37.3 Å². The van der Waals surface area contributed by atoms with Crippen LogP contribution in [0.4, 0.5) is 0 Å². The number of ether oxygens (including phenoxy) is 1. The third kappa shape index (κ3) is 4.35. The summed E-state index contributed by atoms with van der Waals surface area (Å²) in [4.78, 5) is 12.4. The summed E-state index contributed by atoms with van der Waals surface area (Å²) in [6.45, 7) is 10.0. The molecule has 0 bridgehead atoms. The molecular weight excluding hydrogens is 286 g/mol. The molecule has 0 aliphatic carbocycles. The molecule has 3 nitrogen and oxygen atoms in total. The lowest BCUT2D eigenvalue weighted by Gasteiger charge is -2.21. The van der Waals surface area contributed by atoms with Crippen LogP contribution in [0.15, 0.2) is 42.5 Å². The van der Waals surface area contributed by atoms with Gasteiger partial charge in [-0.15, -0.1) is 0 Å². The Kier molecular flexibility index (Phi) is 5.43. The van der Waals surface area contributed by atoms with Crippen molar-refractivity contribution >= 4 is 5.91 Å². The molecule has 2 unspecified atom stereocenters. The fourth-order valence-electron chi connectivity index (χ4n) is 2.61. The van der Waals surface area contributed by atoms with E-state index >= 15 is 0 Å². The Morgan fingerprint density at radius 3 is 2.22 bits per heavy atom. The van der Waals surface area contributed by atoms with Crippen LogP contribution in [0.1, 0.15) is 42.1 Å². The number of benzene rings is 2. The van der Waals surface area contributed by atoms with Crippen LogP contribution in [0.2, 0.25) is 0 Å². The second kappa shape index (κ2) is 7.32. The second-order valence-corrected chi connectivity index (χ2v) is 6.10. The van der Waals surface area contributed by atoms with Crippen LogP contribution in [0.5, 0.6) is 5.75 Å². The molecule has 0 aromatic heterocycles. The minimum absolute atomic E-state index is 0.0522. The second-order valence-electron chi connectivity index (χ2n) is 6.10. The van der Waals surface area contributed by atoms with E-state index in [1.165, 1.54) is 16.7 Å². The summed E-state index contributed by atoms with van der Waals surface area (Å²) >= 11 is 0. The zero-order valence-electron chi connectivity index (χ0n) is 14.5. The van der Waals surface area contributed by atoms with Crippen molar-refractivity contribution in [3.05, 3.63) is 64.7 Å². The molecule has 2 aromatic rings. The van der Waals surface area contributed by atoms with Gasteiger partial charge in [-0.05, 0) is 69.0 Å². The number of nitrogens with one attached hydrogen (secondary N) is 1. The quantitative estimate of drug-likeness (QED) is 0.896. The van der Waals surface area contributed by atoms with Crippen LogP contribution >= 0.6 is 0 Å². The third-order valence-corrected chi connectivity index (χ3v) is 4.13. The molecule has 0 heterocycles. The Labute approximate surface area is 138 Å². The number of carbonyl (C=O) groups excluding carboxylic acids is 1. The highest BCUT2D eigenvalue weighted by molar-refractivity contribution is 5.81. The van der Waals surface area contributed by atoms with Crippen molar-refractivity contribution in [2.75, 3.05) is 0 Å². The first kappa shape index (κ1) is 17.1. The van der Waals surface area contributed by atoms with Crippen LogP contribution in [0, 0.1) is 20.8 Å². The van der Waals surface area contributed by atoms with Gasteiger partial charge in [0.05, 0.1) is 6.04 Å². The summed E-state index contributed by atoms with van der Waals surface area (Å²) < 4.78 is 5.67. The van der Waals surface area contributed by atoms with Gasteiger partial charge in [0.1, 0.15) is 5.75 Å². The van der Waals surface area contributed by atoms with Crippen LogP contribution in [-0.2, 0) is 4.79 Å². The lowest BCUT2D eigenvalue weighted by molar-refractivity contribution is -0.127. The zero-order valence-corrected chi connectivity index (χ0v) is 14.5. The molecule has 1 amide bonds. The van der Waals surface area contributed by atoms with Gasteiger partial charge in [-0.3, -0.25) is 4.79 Å². The van der Waals surface area contributed by atoms with Gasteiger partial charge in [0, 0.05) is 0 Å². The van der Waals surface area contributed by atoms with Crippen molar-refractivity contribution < 1.29 is 9.53 Å². The van der Waals surface area contributed by atoms with Crippen molar-refractivity contribution in [3.63, 3.8) is 0 Å². The number of rotatable bonds is 5. The number of hydrogen-bond acceptors (Lipinski definition) is 2. The van der Waals surface area contributed by atoms with Crippen molar-refractivity contribution in [1.82, 2.24) is 5.32 Å². The average Bonchev–Trinajstić information content (AvgIpc) is 2.51. The fourth-order valence-corrected chi connectivity index (χ4v) is 2.61. The van der Waals surface area contributed by atoms with E-state index in [9.17, 15) is 4.79 Å². The molecule has 2 rings (SSSR count). The van der Waals surface area contributed by atoms with Crippen LogP contribution in [0.25, 0.3) is 0 Å². The Morgan fingerprint density at radius 2 is 1.57 bits per heavy atom. The topological polar surface area (TPSA) is 38.3 Å². The van der Waals surface area contributed by atoms with Crippen molar-refractivity contribution in [1.29, 1.82) is 0 Å². The van der Waals surface area contributed by atoms with Gasteiger partial charge in [-0.25, -0.2) is 0 Å².